The molecule has 20 heavy (non-hydrogen) atoms. The Kier molecular flexibility index (Phi) is 5.18. The predicted octanol–water partition coefficient (Wildman–Crippen LogP) is 1.22. The van der Waals surface area contributed by atoms with E-state index in [1.165, 1.54) is 31.5 Å². The van der Waals surface area contributed by atoms with Crippen molar-refractivity contribution in [2.75, 3.05) is 26.7 Å². The lowest BCUT2D eigenvalue weighted by Gasteiger charge is -2.41. The van der Waals surface area contributed by atoms with Crippen LogP contribution in [0.2, 0.25) is 0 Å². The first-order chi connectivity index (χ1) is 9.52. The van der Waals surface area contributed by atoms with Crippen molar-refractivity contribution < 1.29 is 0 Å². The number of piperidine rings is 1. The summed E-state index contributed by atoms with van der Waals surface area (Å²) in [5.74, 6) is 0. The third kappa shape index (κ3) is 3.40. The molecule has 5 nitrogen and oxygen atoms in total. The van der Waals surface area contributed by atoms with Gasteiger partial charge in [-0.05, 0) is 46.4 Å². The van der Waals surface area contributed by atoms with Crippen LogP contribution in [0.15, 0.2) is 12.4 Å². The van der Waals surface area contributed by atoms with E-state index in [9.17, 15) is 0 Å². The topological polar surface area (TPSA) is 50.3 Å². The molecule has 1 fully saturated rings. The molecule has 2 rings (SSSR count). The van der Waals surface area contributed by atoms with Gasteiger partial charge in [-0.25, -0.2) is 0 Å². The summed E-state index contributed by atoms with van der Waals surface area (Å²) in [7, 11) is 4.18. The molecule has 1 saturated heterocycles. The van der Waals surface area contributed by atoms with E-state index in [1.807, 2.05) is 17.9 Å². The molecule has 0 amide bonds. The van der Waals surface area contributed by atoms with Gasteiger partial charge in [0.05, 0.1) is 12.2 Å². The fraction of sp³-hybridized carbons (Fsp3) is 0.800. The van der Waals surface area contributed by atoms with Crippen LogP contribution in [-0.4, -0.2) is 58.3 Å². The molecule has 0 aromatic carbocycles. The van der Waals surface area contributed by atoms with Crippen molar-refractivity contribution in [3.8, 4) is 0 Å². The molecule has 2 atom stereocenters. The van der Waals surface area contributed by atoms with Crippen LogP contribution in [0.25, 0.3) is 0 Å². The zero-order chi connectivity index (χ0) is 14.7. The molecule has 1 aliphatic rings. The van der Waals surface area contributed by atoms with E-state index in [1.54, 1.807) is 0 Å². The number of likely N-dealkylation sites (N-methyl/N-ethyl adjacent to an activating group) is 1. The molecule has 114 valence electrons. The molecule has 0 spiro atoms. The maximum atomic E-state index is 6.25. The Bertz CT molecular complexity index is 406. The Labute approximate surface area is 122 Å². The second kappa shape index (κ2) is 6.70. The summed E-state index contributed by atoms with van der Waals surface area (Å²) in [5.41, 5.74) is 7.47. The number of hydrogen-bond donors (Lipinski definition) is 1. The van der Waals surface area contributed by atoms with E-state index < -0.39 is 0 Å². The Hall–Kier alpha value is -0.910. The third-order valence-electron chi connectivity index (χ3n) is 4.58. The highest BCUT2D eigenvalue weighted by molar-refractivity contribution is 5.13. The number of aryl methyl sites for hydroxylation is 1. The highest BCUT2D eigenvalue weighted by atomic mass is 15.3. The van der Waals surface area contributed by atoms with Gasteiger partial charge in [0.25, 0.3) is 0 Å². The zero-order valence-corrected chi connectivity index (χ0v) is 13.3. The minimum absolute atomic E-state index is 0.105. The van der Waals surface area contributed by atoms with Crippen molar-refractivity contribution in [2.24, 2.45) is 12.8 Å². The van der Waals surface area contributed by atoms with E-state index in [-0.39, 0.29) is 12.1 Å². The SMILES string of the molecule is CCN1CCC(N(C)C(c2cnn(C)c2)C(C)N)CC1. The van der Waals surface area contributed by atoms with Crippen LogP contribution in [-0.2, 0) is 7.05 Å². The van der Waals surface area contributed by atoms with Crippen LogP contribution in [0.3, 0.4) is 0 Å². The number of hydrogen-bond acceptors (Lipinski definition) is 4. The van der Waals surface area contributed by atoms with E-state index >= 15 is 0 Å². The van der Waals surface area contributed by atoms with Crippen molar-refractivity contribution in [3.05, 3.63) is 18.0 Å². The van der Waals surface area contributed by atoms with E-state index in [0.717, 1.165) is 6.54 Å². The quantitative estimate of drug-likeness (QED) is 0.880. The maximum absolute atomic E-state index is 6.25. The molecule has 2 unspecified atom stereocenters. The van der Waals surface area contributed by atoms with E-state index in [0.29, 0.717) is 6.04 Å². The molecule has 0 saturated carbocycles. The molecular weight excluding hydrogens is 250 g/mol. The van der Waals surface area contributed by atoms with Gasteiger partial charge >= 0.3 is 0 Å². The number of rotatable bonds is 5. The summed E-state index contributed by atoms with van der Waals surface area (Å²) < 4.78 is 1.86. The standard InChI is InChI=1S/C15H29N5/c1-5-20-8-6-14(7-9-20)19(4)15(12(2)16)13-10-17-18(3)11-13/h10-12,14-15H,5-9,16H2,1-4H3. The second-order valence-corrected chi connectivity index (χ2v) is 6.08. The van der Waals surface area contributed by atoms with Gasteiger partial charge in [0.2, 0.25) is 0 Å². The molecule has 2 N–H and O–H groups in total. The van der Waals surface area contributed by atoms with Crippen molar-refractivity contribution in [1.82, 2.24) is 19.6 Å². The van der Waals surface area contributed by atoms with Crippen LogP contribution >= 0.6 is 0 Å². The molecular formula is C15H29N5. The molecule has 0 aliphatic carbocycles. The second-order valence-electron chi connectivity index (χ2n) is 6.08. The summed E-state index contributed by atoms with van der Waals surface area (Å²) >= 11 is 0. The first-order valence-corrected chi connectivity index (χ1v) is 7.71. The van der Waals surface area contributed by atoms with Crippen molar-refractivity contribution in [3.63, 3.8) is 0 Å². The minimum atomic E-state index is 0.105. The number of nitrogens with zero attached hydrogens (tertiary/aromatic N) is 4. The molecule has 2 heterocycles. The fourth-order valence-corrected chi connectivity index (χ4v) is 3.37. The van der Waals surface area contributed by atoms with Gasteiger partial charge in [-0.15, -0.1) is 0 Å². The minimum Gasteiger partial charge on any atom is -0.326 e. The van der Waals surface area contributed by atoms with Crippen LogP contribution in [0.5, 0.6) is 0 Å². The Morgan fingerprint density at radius 3 is 2.55 bits per heavy atom. The summed E-state index contributed by atoms with van der Waals surface area (Å²) in [6.45, 7) is 7.89. The molecule has 1 aliphatic heterocycles. The fourth-order valence-electron chi connectivity index (χ4n) is 3.37. The van der Waals surface area contributed by atoms with Gasteiger partial charge < -0.3 is 10.6 Å². The lowest BCUT2D eigenvalue weighted by atomic mass is 9.96. The van der Waals surface area contributed by atoms with Crippen molar-refractivity contribution in [1.29, 1.82) is 0 Å². The summed E-state index contributed by atoms with van der Waals surface area (Å²) in [5, 5.41) is 4.30. The zero-order valence-electron chi connectivity index (χ0n) is 13.3. The largest absolute Gasteiger partial charge is 0.326 e. The molecule has 1 aromatic rings. The number of nitrogens with two attached hydrogens (primary N) is 1. The van der Waals surface area contributed by atoms with Crippen molar-refractivity contribution in [2.45, 2.75) is 44.8 Å². The maximum Gasteiger partial charge on any atom is 0.0538 e. The summed E-state index contributed by atoms with van der Waals surface area (Å²) in [6.07, 6.45) is 6.50. The average molecular weight is 279 g/mol. The van der Waals surface area contributed by atoms with Gasteiger partial charge in [-0.2, -0.15) is 5.10 Å². The van der Waals surface area contributed by atoms with Crippen LogP contribution in [0.4, 0.5) is 0 Å². The van der Waals surface area contributed by atoms with Crippen LogP contribution < -0.4 is 5.73 Å². The lowest BCUT2D eigenvalue weighted by molar-refractivity contribution is 0.0896. The Balaban J connectivity index is 2.06. The number of aromatic nitrogens is 2. The van der Waals surface area contributed by atoms with Gasteiger partial charge in [0, 0.05) is 30.9 Å². The third-order valence-corrected chi connectivity index (χ3v) is 4.58. The van der Waals surface area contributed by atoms with Gasteiger partial charge in [0.1, 0.15) is 0 Å². The normalized spacial score (nSPS) is 21.3. The molecule has 5 heteroatoms. The van der Waals surface area contributed by atoms with Crippen LogP contribution in [0.1, 0.15) is 38.3 Å². The smallest absolute Gasteiger partial charge is 0.0538 e. The number of likely N-dealkylation sites (tertiary alicyclic amines) is 1. The summed E-state index contributed by atoms with van der Waals surface area (Å²) in [4.78, 5) is 4.99. The van der Waals surface area contributed by atoms with E-state index in [4.69, 9.17) is 5.73 Å². The molecule has 1 aromatic heterocycles. The first kappa shape index (κ1) is 15.5. The molecule has 0 bridgehead atoms. The highest BCUT2D eigenvalue weighted by Gasteiger charge is 2.30. The van der Waals surface area contributed by atoms with Crippen molar-refractivity contribution >= 4 is 0 Å². The monoisotopic (exact) mass is 279 g/mol. The first-order valence-electron chi connectivity index (χ1n) is 7.71. The van der Waals surface area contributed by atoms with Gasteiger partial charge in [-0.1, -0.05) is 6.92 Å². The lowest BCUT2D eigenvalue weighted by Crippen LogP contribution is -2.48. The van der Waals surface area contributed by atoms with E-state index in [2.05, 4.69) is 42.0 Å². The van der Waals surface area contributed by atoms with Crippen LogP contribution in [0, 0.1) is 0 Å². The summed E-state index contributed by atoms with van der Waals surface area (Å²) in [6, 6.07) is 0.976. The average Bonchev–Trinajstić information content (AvgIpc) is 2.85. The molecule has 0 radical (unpaired) electrons. The van der Waals surface area contributed by atoms with Gasteiger partial charge in [-0.3, -0.25) is 9.58 Å². The Morgan fingerprint density at radius 2 is 2.10 bits per heavy atom. The predicted molar refractivity (Wildman–Crippen MR) is 82.5 cm³/mol. The highest BCUT2D eigenvalue weighted by Crippen LogP contribution is 2.27. The Morgan fingerprint density at radius 1 is 1.45 bits per heavy atom. The van der Waals surface area contributed by atoms with Gasteiger partial charge in [0.15, 0.2) is 0 Å².